The van der Waals surface area contributed by atoms with Gasteiger partial charge in [-0.25, -0.2) is 0 Å². The number of allylic oxidation sites excluding steroid dienone is 2. The number of fused-ring (bicyclic) bond motifs is 2. The minimum Gasteiger partial charge on any atom is -0.486 e. The molecule has 1 aromatic heterocycles. The van der Waals surface area contributed by atoms with E-state index in [1.165, 1.54) is 141 Å². The first kappa shape index (κ1) is 34.9. The van der Waals surface area contributed by atoms with Crippen LogP contribution in [-0.4, -0.2) is 60.3 Å². The fourth-order valence-corrected chi connectivity index (χ4v) is 8.04. The molecule has 42 heavy (non-hydrogen) atoms. The van der Waals surface area contributed by atoms with Gasteiger partial charge in [-0.15, -0.1) is 0 Å². The van der Waals surface area contributed by atoms with Gasteiger partial charge in [0.05, 0.1) is 5.57 Å². The van der Waals surface area contributed by atoms with Crippen LogP contribution in [0.3, 0.4) is 0 Å². The Balaban J connectivity index is 2.08. The third-order valence-corrected chi connectivity index (χ3v) is 10.3. The van der Waals surface area contributed by atoms with Crippen LogP contribution in [0.1, 0.15) is 148 Å². The highest BCUT2D eigenvalue weighted by Gasteiger charge is 2.56. The summed E-state index contributed by atoms with van der Waals surface area (Å²) in [5.74, 6) is 0. The topological polar surface area (TPSA) is 29.6 Å². The molecule has 0 atom stereocenters. The van der Waals surface area contributed by atoms with E-state index < -0.39 is 6.82 Å². The Morgan fingerprint density at radius 2 is 1.21 bits per heavy atom. The highest BCUT2D eigenvalue weighted by atomic mass is 16.6. The molecule has 0 unspecified atom stereocenters. The lowest BCUT2D eigenvalue weighted by Gasteiger charge is -2.42. The first-order chi connectivity index (χ1) is 20.3. The SMILES string of the molecule is CCCCCCCCN(CCCCCCCC)CC1=C2C(C)=C(CC)C(C)=[N+]2[B-](OC)(OC)n2c(C)c(CC)c(C)c21. The number of hydrogen-bond donors (Lipinski definition) is 0. The molecular formula is C36H64BN3O2. The van der Waals surface area contributed by atoms with Gasteiger partial charge in [0.2, 0.25) is 0 Å². The van der Waals surface area contributed by atoms with E-state index >= 15 is 0 Å². The molecule has 0 saturated carbocycles. The molecule has 238 valence electrons. The summed E-state index contributed by atoms with van der Waals surface area (Å²) in [6.45, 7) is 19.8. The van der Waals surface area contributed by atoms with Crippen LogP contribution in [0.25, 0.3) is 5.57 Å². The van der Waals surface area contributed by atoms with Gasteiger partial charge in [-0.1, -0.05) is 91.9 Å². The number of nitrogens with zero attached hydrogens (tertiary/aromatic N) is 3. The zero-order valence-electron chi connectivity index (χ0n) is 29.3. The van der Waals surface area contributed by atoms with Gasteiger partial charge in [-0.2, -0.15) is 0 Å². The second-order valence-electron chi connectivity index (χ2n) is 12.9. The van der Waals surface area contributed by atoms with E-state index in [1.54, 1.807) is 0 Å². The molecule has 2 aliphatic rings. The third kappa shape index (κ3) is 6.86. The summed E-state index contributed by atoms with van der Waals surface area (Å²) in [6, 6.07) is 0. The standard InChI is InChI=1S/C36H64BN3O2/c1-11-15-17-19-21-23-25-38(26-24-22-20-18-16-12-2)27-34-35-28(5)32(13-3)30(7)39(35)37(41-9,42-10)40-31(8)33(14-4)29(6)36(34)40/h11-27H2,1-10H3. The van der Waals surface area contributed by atoms with Gasteiger partial charge < -0.3 is 18.3 Å². The van der Waals surface area contributed by atoms with Crippen molar-refractivity contribution in [2.75, 3.05) is 33.9 Å². The second-order valence-corrected chi connectivity index (χ2v) is 12.9. The number of rotatable bonds is 20. The molecule has 0 N–H and O–H groups in total. The van der Waals surface area contributed by atoms with Crippen LogP contribution in [0.2, 0.25) is 0 Å². The quantitative estimate of drug-likeness (QED) is 0.114. The number of hydrogen-bond acceptors (Lipinski definition) is 3. The largest absolute Gasteiger partial charge is 0.665 e. The van der Waals surface area contributed by atoms with Crippen molar-refractivity contribution in [1.82, 2.24) is 9.38 Å². The lowest BCUT2D eigenvalue weighted by molar-refractivity contribution is -0.383. The lowest BCUT2D eigenvalue weighted by Crippen LogP contribution is -2.62. The summed E-state index contributed by atoms with van der Waals surface area (Å²) in [6.07, 6.45) is 18.1. The molecule has 1 aromatic rings. The van der Waals surface area contributed by atoms with Gasteiger partial charge in [0.25, 0.3) is 0 Å². The average Bonchev–Trinajstić information content (AvgIpc) is 3.40. The van der Waals surface area contributed by atoms with Gasteiger partial charge in [0.15, 0.2) is 5.70 Å². The van der Waals surface area contributed by atoms with Crippen molar-refractivity contribution in [3.05, 3.63) is 39.4 Å². The minimum absolute atomic E-state index is 0.977. The summed E-state index contributed by atoms with van der Waals surface area (Å²) in [5, 5.41) is 0. The maximum absolute atomic E-state index is 6.48. The van der Waals surface area contributed by atoms with Crippen LogP contribution in [0.5, 0.6) is 0 Å². The van der Waals surface area contributed by atoms with E-state index in [9.17, 15) is 0 Å². The van der Waals surface area contributed by atoms with Crippen LogP contribution < -0.4 is 0 Å². The fraction of sp³-hybridized carbons (Fsp3) is 0.750. The normalized spacial score (nSPS) is 16.4. The molecule has 2 aliphatic heterocycles. The predicted octanol–water partition coefficient (Wildman–Crippen LogP) is 9.21. The smallest absolute Gasteiger partial charge is 0.486 e. The molecule has 0 radical (unpaired) electrons. The van der Waals surface area contributed by atoms with Gasteiger partial charge in [-0.3, -0.25) is 4.90 Å². The zero-order chi connectivity index (χ0) is 30.9. The highest BCUT2D eigenvalue weighted by molar-refractivity contribution is 6.59. The first-order valence-electron chi connectivity index (χ1n) is 17.5. The number of unbranched alkanes of at least 4 members (excludes halogenated alkanes) is 10. The molecule has 0 fully saturated rings. The van der Waals surface area contributed by atoms with Crippen LogP contribution in [0.4, 0.5) is 0 Å². The third-order valence-electron chi connectivity index (χ3n) is 10.3. The lowest BCUT2D eigenvalue weighted by atomic mass is 9.79. The van der Waals surface area contributed by atoms with Gasteiger partial charge in [-0.05, 0) is 90.6 Å². The number of aromatic nitrogens is 1. The Kier molecular flexibility index (Phi) is 13.7. The maximum atomic E-state index is 6.48. The molecular weight excluding hydrogens is 517 g/mol. The van der Waals surface area contributed by atoms with Gasteiger partial charge in [0.1, 0.15) is 5.71 Å². The van der Waals surface area contributed by atoms with Crippen molar-refractivity contribution in [1.29, 1.82) is 0 Å². The molecule has 0 bridgehead atoms. The predicted molar refractivity (Wildman–Crippen MR) is 182 cm³/mol. The summed E-state index contributed by atoms with van der Waals surface area (Å²) in [5.41, 5.74) is 12.3. The molecule has 0 saturated heterocycles. The van der Waals surface area contributed by atoms with Crippen molar-refractivity contribution in [3.8, 4) is 0 Å². The minimum atomic E-state index is -1.91. The Bertz CT molecular complexity index is 1120. The zero-order valence-corrected chi connectivity index (χ0v) is 29.3. The molecule has 0 amide bonds. The molecule has 0 aliphatic carbocycles. The fourth-order valence-electron chi connectivity index (χ4n) is 8.04. The summed E-state index contributed by atoms with van der Waals surface area (Å²) in [4.78, 5) is 2.78. The molecule has 5 nitrogen and oxygen atoms in total. The monoisotopic (exact) mass is 582 g/mol. The molecule has 6 heteroatoms. The molecule has 0 spiro atoms. The average molecular weight is 582 g/mol. The summed E-state index contributed by atoms with van der Waals surface area (Å²) >= 11 is 0. The van der Waals surface area contributed by atoms with Crippen LogP contribution >= 0.6 is 0 Å². The van der Waals surface area contributed by atoms with E-state index in [1.807, 2.05) is 14.2 Å². The Morgan fingerprint density at radius 3 is 1.69 bits per heavy atom. The van der Waals surface area contributed by atoms with Gasteiger partial charge >= 0.3 is 6.82 Å². The van der Waals surface area contributed by atoms with Crippen molar-refractivity contribution in [2.45, 2.75) is 145 Å². The Labute approximate surface area is 259 Å². The Hall–Kier alpha value is -1.63. The highest BCUT2D eigenvalue weighted by Crippen LogP contribution is 2.44. The van der Waals surface area contributed by atoms with Crippen molar-refractivity contribution < 1.29 is 13.8 Å². The second kappa shape index (κ2) is 16.4. The van der Waals surface area contributed by atoms with Gasteiger partial charge in [0, 0.05) is 30.3 Å². The molecule has 3 rings (SSSR count). The summed E-state index contributed by atoms with van der Waals surface area (Å²) < 4.78 is 17.8. The van der Waals surface area contributed by atoms with Crippen LogP contribution in [-0.2, 0) is 15.7 Å². The van der Waals surface area contributed by atoms with Crippen molar-refractivity contribution >= 4 is 18.1 Å². The molecule has 3 heterocycles. The van der Waals surface area contributed by atoms with E-state index in [0.29, 0.717) is 0 Å². The van der Waals surface area contributed by atoms with E-state index in [2.05, 4.69) is 69.3 Å². The van der Waals surface area contributed by atoms with E-state index in [4.69, 9.17) is 9.31 Å². The maximum Gasteiger partial charge on any atom is 0.665 e. The first-order valence-corrected chi connectivity index (χ1v) is 17.5. The Morgan fingerprint density at radius 1 is 0.690 bits per heavy atom. The van der Waals surface area contributed by atoms with E-state index in [-0.39, 0.29) is 0 Å². The van der Waals surface area contributed by atoms with E-state index in [0.717, 1.165) is 19.4 Å². The van der Waals surface area contributed by atoms with Crippen molar-refractivity contribution in [3.63, 3.8) is 0 Å². The van der Waals surface area contributed by atoms with Crippen LogP contribution in [0.15, 0.2) is 16.8 Å². The molecule has 0 aromatic carbocycles. The summed E-state index contributed by atoms with van der Waals surface area (Å²) in [7, 11) is 3.65. The van der Waals surface area contributed by atoms with Crippen LogP contribution in [0, 0.1) is 13.8 Å². The van der Waals surface area contributed by atoms with Crippen molar-refractivity contribution in [2.24, 2.45) is 0 Å².